The van der Waals surface area contributed by atoms with Crippen LogP contribution < -0.4 is 10.6 Å². The van der Waals surface area contributed by atoms with E-state index >= 15 is 0 Å². The van der Waals surface area contributed by atoms with E-state index in [1.807, 2.05) is 25.1 Å². The standard InChI is InChI=1S/C16H18N2OS/c1-11(8-12-5-7-20-10-12)18-16(19)14-2-3-15-13(9-14)4-6-17-15/h2-3,5,7,9-11,17H,4,6,8H2,1H3,(H,18,19). The second-order valence-corrected chi connectivity index (χ2v) is 6.04. The second kappa shape index (κ2) is 5.67. The van der Waals surface area contributed by atoms with E-state index in [4.69, 9.17) is 0 Å². The molecule has 4 heteroatoms. The number of thiophene rings is 1. The second-order valence-electron chi connectivity index (χ2n) is 5.26. The first-order valence-corrected chi connectivity index (χ1v) is 7.85. The monoisotopic (exact) mass is 286 g/mol. The Morgan fingerprint density at radius 2 is 2.35 bits per heavy atom. The number of fused-ring (bicyclic) bond motifs is 1. The minimum atomic E-state index is 0.0161. The van der Waals surface area contributed by atoms with Gasteiger partial charge in [0.2, 0.25) is 0 Å². The lowest BCUT2D eigenvalue weighted by Gasteiger charge is -2.13. The molecule has 2 heterocycles. The van der Waals surface area contributed by atoms with Crippen LogP contribution in [0.15, 0.2) is 35.0 Å². The molecule has 1 aliphatic heterocycles. The van der Waals surface area contributed by atoms with Gasteiger partial charge in [0.25, 0.3) is 5.91 Å². The van der Waals surface area contributed by atoms with Crippen molar-refractivity contribution in [3.8, 4) is 0 Å². The molecule has 1 amide bonds. The highest BCUT2D eigenvalue weighted by atomic mass is 32.1. The Morgan fingerprint density at radius 1 is 1.45 bits per heavy atom. The first kappa shape index (κ1) is 13.2. The highest BCUT2D eigenvalue weighted by Crippen LogP contribution is 2.23. The van der Waals surface area contributed by atoms with Crippen LogP contribution in [0.4, 0.5) is 5.69 Å². The first-order valence-electron chi connectivity index (χ1n) is 6.91. The van der Waals surface area contributed by atoms with Gasteiger partial charge in [-0.1, -0.05) is 0 Å². The Bertz CT molecular complexity index is 607. The van der Waals surface area contributed by atoms with E-state index in [1.165, 1.54) is 11.1 Å². The van der Waals surface area contributed by atoms with E-state index in [-0.39, 0.29) is 11.9 Å². The molecule has 1 atom stereocenters. The van der Waals surface area contributed by atoms with Crippen molar-refractivity contribution >= 4 is 22.9 Å². The molecule has 20 heavy (non-hydrogen) atoms. The van der Waals surface area contributed by atoms with Gasteiger partial charge in [-0.15, -0.1) is 0 Å². The summed E-state index contributed by atoms with van der Waals surface area (Å²) in [5.74, 6) is 0.0161. The van der Waals surface area contributed by atoms with Gasteiger partial charge in [0.15, 0.2) is 0 Å². The number of carbonyl (C=O) groups excluding carboxylic acids is 1. The van der Waals surface area contributed by atoms with Crippen LogP contribution in [0.2, 0.25) is 0 Å². The highest BCUT2D eigenvalue weighted by Gasteiger charge is 2.15. The average Bonchev–Trinajstić information content (AvgIpc) is 3.07. The summed E-state index contributed by atoms with van der Waals surface area (Å²) < 4.78 is 0. The molecule has 2 N–H and O–H groups in total. The van der Waals surface area contributed by atoms with Gasteiger partial charge < -0.3 is 10.6 Å². The van der Waals surface area contributed by atoms with Crippen molar-refractivity contribution in [2.24, 2.45) is 0 Å². The van der Waals surface area contributed by atoms with Crippen molar-refractivity contribution < 1.29 is 4.79 Å². The Balaban J connectivity index is 1.64. The van der Waals surface area contributed by atoms with Crippen molar-refractivity contribution in [2.75, 3.05) is 11.9 Å². The van der Waals surface area contributed by atoms with Crippen molar-refractivity contribution in [3.05, 3.63) is 51.7 Å². The molecule has 0 radical (unpaired) electrons. The molecular formula is C16H18N2OS. The summed E-state index contributed by atoms with van der Waals surface area (Å²) in [4.78, 5) is 12.3. The Kier molecular flexibility index (Phi) is 3.74. The zero-order valence-electron chi connectivity index (χ0n) is 11.5. The molecule has 1 aromatic heterocycles. The molecule has 0 spiro atoms. The quantitative estimate of drug-likeness (QED) is 0.907. The maximum Gasteiger partial charge on any atom is 0.251 e. The van der Waals surface area contributed by atoms with E-state index in [1.54, 1.807) is 11.3 Å². The predicted octanol–water partition coefficient (Wildman–Crippen LogP) is 3.08. The minimum absolute atomic E-state index is 0.0161. The first-order chi connectivity index (χ1) is 9.72. The van der Waals surface area contributed by atoms with Gasteiger partial charge in [0, 0.05) is 23.8 Å². The van der Waals surface area contributed by atoms with E-state index in [2.05, 4.69) is 27.5 Å². The number of hydrogen-bond donors (Lipinski definition) is 2. The lowest BCUT2D eigenvalue weighted by molar-refractivity contribution is 0.0940. The average molecular weight is 286 g/mol. The summed E-state index contributed by atoms with van der Waals surface area (Å²) in [5.41, 5.74) is 4.43. The maximum absolute atomic E-state index is 12.3. The van der Waals surface area contributed by atoms with E-state index in [9.17, 15) is 4.79 Å². The smallest absolute Gasteiger partial charge is 0.251 e. The number of anilines is 1. The van der Waals surface area contributed by atoms with Crippen molar-refractivity contribution in [3.63, 3.8) is 0 Å². The number of rotatable bonds is 4. The van der Waals surface area contributed by atoms with Gasteiger partial charge in [-0.2, -0.15) is 11.3 Å². The number of benzene rings is 1. The van der Waals surface area contributed by atoms with Crippen LogP contribution in [0, 0.1) is 0 Å². The fourth-order valence-corrected chi connectivity index (χ4v) is 3.25. The summed E-state index contributed by atoms with van der Waals surface area (Å²) in [6.45, 7) is 3.01. The van der Waals surface area contributed by atoms with Crippen LogP contribution in [-0.4, -0.2) is 18.5 Å². The molecule has 2 aromatic rings. The number of hydrogen-bond acceptors (Lipinski definition) is 3. The van der Waals surface area contributed by atoms with Gasteiger partial charge in [-0.05, 0) is 65.9 Å². The largest absolute Gasteiger partial charge is 0.384 e. The van der Waals surface area contributed by atoms with Gasteiger partial charge in [0.05, 0.1) is 0 Å². The predicted molar refractivity (Wildman–Crippen MR) is 83.6 cm³/mol. The number of amides is 1. The molecule has 3 rings (SSSR count). The Labute approximate surface area is 123 Å². The molecule has 0 aliphatic carbocycles. The summed E-state index contributed by atoms with van der Waals surface area (Å²) in [7, 11) is 0. The Hall–Kier alpha value is -1.81. The third-order valence-electron chi connectivity index (χ3n) is 3.58. The van der Waals surface area contributed by atoms with Crippen LogP contribution in [0.1, 0.15) is 28.4 Å². The summed E-state index contributed by atoms with van der Waals surface area (Å²) in [6, 6.07) is 8.14. The third kappa shape index (κ3) is 2.85. The SMILES string of the molecule is CC(Cc1ccsc1)NC(=O)c1ccc2c(c1)CCN2. The van der Waals surface area contributed by atoms with Crippen LogP contribution in [0.3, 0.4) is 0 Å². The molecule has 0 fully saturated rings. The topological polar surface area (TPSA) is 41.1 Å². The number of nitrogens with one attached hydrogen (secondary N) is 2. The third-order valence-corrected chi connectivity index (χ3v) is 4.31. The fraction of sp³-hybridized carbons (Fsp3) is 0.312. The zero-order chi connectivity index (χ0) is 13.9. The molecule has 0 saturated carbocycles. The van der Waals surface area contributed by atoms with Crippen LogP contribution in [-0.2, 0) is 12.8 Å². The normalized spacial score (nSPS) is 14.4. The van der Waals surface area contributed by atoms with Gasteiger partial charge >= 0.3 is 0 Å². The summed E-state index contributed by atoms with van der Waals surface area (Å²) in [5, 5.41) is 10.6. The van der Waals surface area contributed by atoms with Crippen molar-refractivity contribution in [2.45, 2.75) is 25.8 Å². The van der Waals surface area contributed by atoms with Gasteiger partial charge in [0.1, 0.15) is 0 Å². The number of carbonyl (C=O) groups is 1. The van der Waals surface area contributed by atoms with Crippen molar-refractivity contribution in [1.29, 1.82) is 0 Å². The highest BCUT2D eigenvalue weighted by molar-refractivity contribution is 7.07. The van der Waals surface area contributed by atoms with Crippen LogP contribution >= 0.6 is 11.3 Å². The molecule has 1 aromatic carbocycles. The molecular weight excluding hydrogens is 268 g/mol. The van der Waals surface area contributed by atoms with Crippen LogP contribution in [0.25, 0.3) is 0 Å². The zero-order valence-corrected chi connectivity index (χ0v) is 12.3. The molecule has 0 saturated heterocycles. The minimum Gasteiger partial charge on any atom is -0.384 e. The van der Waals surface area contributed by atoms with E-state index in [0.29, 0.717) is 0 Å². The lowest BCUT2D eigenvalue weighted by atomic mass is 10.1. The van der Waals surface area contributed by atoms with Crippen LogP contribution in [0.5, 0.6) is 0 Å². The molecule has 3 nitrogen and oxygen atoms in total. The molecule has 1 unspecified atom stereocenters. The molecule has 104 valence electrons. The summed E-state index contributed by atoms with van der Waals surface area (Å²) >= 11 is 1.69. The van der Waals surface area contributed by atoms with E-state index < -0.39 is 0 Å². The summed E-state index contributed by atoms with van der Waals surface area (Å²) in [6.07, 6.45) is 1.88. The Morgan fingerprint density at radius 3 is 3.15 bits per heavy atom. The lowest BCUT2D eigenvalue weighted by Crippen LogP contribution is -2.34. The van der Waals surface area contributed by atoms with Gasteiger partial charge in [-0.3, -0.25) is 4.79 Å². The van der Waals surface area contributed by atoms with E-state index in [0.717, 1.165) is 30.6 Å². The van der Waals surface area contributed by atoms with Crippen molar-refractivity contribution in [1.82, 2.24) is 5.32 Å². The molecule has 0 bridgehead atoms. The van der Waals surface area contributed by atoms with Gasteiger partial charge in [-0.25, -0.2) is 0 Å². The fourth-order valence-electron chi connectivity index (χ4n) is 2.57. The molecule has 1 aliphatic rings. The maximum atomic E-state index is 12.3.